The Morgan fingerprint density at radius 2 is 1.86 bits per heavy atom. The molecule has 1 heterocycles. The molecule has 0 radical (unpaired) electrons. The third kappa shape index (κ3) is 2.64. The van der Waals surface area contributed by atoms with Gasteiger partial charge in [0.1, 0.15) is 13.2 Å². The smallest absolute Gasteiger partial charge is 0.161 e. The van der Waals surface area contributed by atoms with E-state index < -0.39 is 5.60 Å². The van der Waals surface area contributed by atoms with Crippen molar-refractivity contribution < 1.29 is 14.6 Å². The third-order valence-electron chi connectivity index (χ3n) is 5.09. The molecule has 1 saturated carbocycles. The van der Waals surface area contributed by atoms with E-state index in [-0.39, 0.29) is 0 Å². The monoisotopic (exact) mass is 290 g/mol. The van der Waals surface area contributed by atoms with Crippen molar-refractivity contribution in [1.29, 1.82) is 0 Å². The van der Waals surface area contributed by atoms with Gasteiger partial charge in [-0.15, -0.1) is 0 Å². The van der Waals surface area contributed by atoms with Gasteiger partial charge < -0.3 is 14.6 Å². The molecule has 1 aromatic carbocycles. The summed E-state index contributed by atoms with van der Waals surface area (Å²) in [5, 5.41) is 11.4. The molecule has 1 aliphatic heterocycles. The molecule has 21 heavy (non-hydrogen) atoms. The first-order valence-corrected chi connectivity index (χ1v) is 8.13. The molecule has 0 bridgehead atoms. The summed E-state index contributed by atoms with van der Waals surface area (Å²) < 4.78 is 11.3. The maximum Gasteiger partial charge on any atom is 0.161 e. The summed E-state index contributed by atoms with van der Waals surface area (Å²) in [5.74, 6) is 2.89. The highest BCUT2D eigenvalue weighted by Gasteiger charge is 2.44. The number of fused-ring (bicyclic) bond motifs is 1. The van der Waals surface area contributed by atoms with Crippen LogP contribution in [0.3, 0.4) is 0 Å². The number of hydrogen-bond acceptors (Lipinski definition) is 3. The number of rotatable bonds is 2. The lowest BCUT2D eigenvalue weighted by molar-refractivity contribution is -0.0867. The van der Waals surface area contributed by atoms with Crippen molar-refractivity contribution in [1.82, 2.24) is 0 Å². The van der Waals surface area contributed by atoms with Gasteiger partial charge in [0.2, 0.25) is 0 Å². The van der Waals surface area contributed by atoms with Crippen molar-refractivity contribution in [2.24, 2.45) is 17.8 Å². The molecular formula is C18H26O3. The normalized spacial score (nSPS) is 32.2. The van der Waals surface area contributed by atoms with Crippen LogP contribution in [-0.2, 0) is 5.60 Å². The molecule has 0 aromatic heterocycles. The molecule has 2 aliphatic rings. The van der Waals surface area contributed by atoms with Crippen molar-refractivity contribution in [2.45, 2.75) is 45.6 Å². The van der Waals surface area contributed by atoms with Crippen LogP contribution >= 0.6 is 0 Å². The lowest BCUT2D eigenvalue weighted by Crippen LogP contribution is -2.43. The first-order valence-electron chi connectivity index (χ1n) is 8.13. The summed E-state index contributed by atoms with van der Waals surface area (Å²) in [6, 6.07) is 5.95. The van der Waals surface area contributed by atoms with Crippen LogP contribution in [0.2, 0.25) is 0 Å². The molecule has 1 aliphatic carbocycles. The van der Waals surface area contributed by atoms with Gasteiger partial charge >= 0.3 is 0 Å². The highest BCUT2D eigenvalue weighted by atomic mass is 16.6. The van der Waals surface area contributed by atoms with Crippen LogP contribution in [0.4, 0.5) is 0 Å². The van der Waals surface area contributed by atoms with E-state index in [0.717, 1.165) is 29.9 Å². The molecule has 3 atom stereocenters. The third-order valence-corrected chi connectivity index (χ3v) is 5.09. The average molecular weight is 290 g/mol. The maximum atomic E-state index is 11.4. The number of aliphatic hydroxyl groups is 1. The van der Waals surface area contributed by atoms with Gasteiger partial charge in [-0.3, -0.25) is 0 Å². The van der Waals surface area contributed by atoms with Crippen LogP contribution in [0.15, 0.2) is 18.2 Å². The van der Waals surface area contributed by atoms with Crippen LogP contribution in [-0.4, -0.2) is 18.3 Å². The molecule has 3 rings (SSSR count). The Bertz CT molecular complexity index is 511. The van der Waals surface area contributed by atoms with Crippen LogP contribution in [0.25, 0.3) is 0 Å². The highest BCUT2D eigenvalue weighted by molar-refractivity contribution is 5.45. The molecular weight excluding hydrogens is 264 g/mol. The van der Waals surface area contributed by atoms with Gasteiger partial charge in [-0.1, -0.05) is 33.3 Å². The fourth-order valence-corrected chi connectivity index (χ4v) is 4.02. The van der Waals surface area contributed by atoms with Crippen molar-refractivity contribution in [3.63, 3.8) is 0 Å². The summed E-state index contributed by atoms with van der Waals surface area (Å²) in [6.45, 7) is 7.84. The molecule has 0 saturated heterocycles. The Morgan fingerprint density at radius 3 is 2.57 bits per heavy atom. The minimum absolute atomic E-state index is 0.302. The highest BCUT2D eigenvalue weighted by Crippen LogP contribution is 2.48. The zero-order valence-corrected chi connectivity index (χ0v) is 13.3. The Hall–Kier alpha value is -1.22. The lowest BCUT2D eigenvalue weighted by atomic mass is 9.64. The Labute approximate surface area is 127 Å². The molecule has 116 valence electrons. The molecule has 3 heteroatoms. The summed E-state index contributed by atoms with van der Waals surface area (Å²) in [4.78, 5) is 0. The molecule has 3 unspecified atom stereocenters. The lowest BCUT2D eigenvalue weighted by Gasteiger charge is -2.45. The molecule has 3 nitrogen and oxygen atoms in total. The zero-order chi connectivity index (χ0) is 15.0. The van der Waals surface area contributed by atoms with Crippen LogP contribution in [0.1, 0.15) is 45.6 Å². The van der Waals surface area contributed by atoms with Crippen LogP contribution in [0.5, 0.6) is 11.5 Å². The minimum Gasteiger partial charge on any atom is -0.486 e. The van der Waals surface area contributed by atoms with E-state index in [4.69, 9.17) is 9.47 Å². The standard InChI is InChI=1S/C18H26O3/c1-12(2)15-6-4-13(3)11-18(15,19)14-5-7-16-17(10-14)21-9-8-20-16/h5,7,10,12-13,15,19H,4,6,8-9,11H2,1-3H3. The first-order chi connectivity index (χ1) is 10.0. The summed E-state index contributed by atoms with van der Waals surface area (Å²) in [5.41, 5.74) is 0.235. The predicted molar refractivity (Wildman–Crippen MR) is 82.7 cm³/mol. The minimum atomic E-state index is -0.748. The second-order valence-electron chi connectivity index (χ2n) is 7.02. The summed E-state index contributed by atoms with van der Waals surface area (Å²) in [7, 11) is 0. The zero-order valence-electron chi connectivity index (χ0n) is 13.3. The van der Waals surface area contributed by atoms with Crippen molar-refractivity contribution in [2.75, 3.05) is 13.2 Å². The quantitative estimate of drug-likeness (QED) is 0.902. The average Bonchev–Trinajstić information content (AvgIpc) is 2.46. The number of ether oxygens (including phenoxy) is 2. The second kappa shape index (κ2) is 5.53. The van der Waals surface area contributed by atoms with Gasteiger partial charge in [-0.25, -0.2) is 0 Å². The molecule has 0 spiro atoms. The van der Waals surface area contributed by atoms with Gasteiger partial charge in [0.15, 0.2) is 11.5 Å². The van der Waals surface area contributed by atoms with E-state index in [1.54, 1.807) is 0 Å². The fraction of sp³-hybridized carbons (Fsp3) is 0.667. The van der Waals surface area contributed by atoms with Gasteiger partial charge in [-0.05, 0) is 48.3 Å². The van der Waals surface area contributed by atoms with E-state index in [9.17, 15) is 5.11 Å². The van der Waals surface area contributed by atoms with E-state index >= 15 is 0 Å². The van der Waals surface area contributed by atoms with E-state index in [1.165, 1.54) is 6.42 Å². The Morgan fingerprint density at radius 1 is 1.14 bits per heavy atom. The predicted octanol–water partition coefficient (Wildman–Crippen LogP) is 3.74. The van der Waals surface area contributed by atoms with E-state index in [1.807, 2.05) is 18.2 Å². The van der Waals surface area contributed by atoms with E-state index in [2.05, 4.69) is 20.8 Å². The summed E-state index contributed by atoms with van der Waals surface area (Å²) in [6.07, 6.45) is 3.12. The van der Waals surface area contributed by atoms with Crippen molar-refractivity contribution in [3.05, 3.63) is 23.8 Å². The first kappa shape index (κ1) is 14.7. The largest absolute Gasteiger partial charge is 0.486 e. The Balaban J connectivity index is 1.98. The maximum absolute atomic E-state index is 11.4. The topological polar surface area (TPSA) is 38.7 Å². The van der Waals surface area contributed by atoms with Crippen LogP contribution in [0, 0.1) is 17.8 Å². The van der Waals surface area contributed by atoms with Crippen molar-refractivity contribution >= 4 is 0 Å². The number of benzene rings is 1. The van der Waals surface area contributed by atoms with Gasteiger partial charge in [0.25, 0.3) is 0 Å². The van der Waals surface area contributed by atoms with Gasteiger partial charge in [0, 0.05) is 0 Å². The van der Waals surface area contributed by atoms with Gasteiger partial charge in [-0.2, -0.15) is 0 Å². The molecule has 1 N–H and O–H groups in total. The van der Waals surface area contributed by atoms with Crippen LogP contribution < -0.4 is 9.47 Å². The SMILES string of the molecule is CC1CCC(C(C)C)C(O)(c2ccc3c(c2)OCCO3)C1. The Kier molecular flexibility index (Phi) is 3.87. The fourth-order valence-electron chi connectivity index (χ4n) is 4.02. The summed E-state index contributed by atoms with van der Waals surface area (Å²) >= 11 is 0. The molecule has 1 fully saturated rings. The number of hydrogen-bond donors (Lipinski definition) is 1. The van der Waals surface area contributed by atoms with Gasteiger partial charge in [0.05, 0.1) is 5.60 Å². The molecule has 0 amide bonds. The molecule has 1 aromatic rings. The second-order valence-corrected chi connectivity index (χ2v) is 7.02. The van der Waals surface area contributed by atoms with E-state index in [0.29, 0.717) is 31.0 Å². The van der Waals surface area contributed by atoms with Crippen molar-refractivity contribution in [3.8, 4) is 11.5 Å².